The lowest BCUT2D eigenvalue weighted by atomic mass is 9.74. The molecule has 2 aromatic carbocycles. The summed E-state index contributed by atoms with van der Waals surface area (Å²) in [5, 5.41) is 19.9. The number of fused-ring (bicyclic) bond motifs is 1. The summed E-state index contributed by atoms with van der Waals surface area (Å²) in [4.78, 5) is 17.3. The zero-order valence-corrected chi connectivity index (χ0v) is 19.2. The molecule has 3 atom stereocenters. The van der Waals surface area contributed by atoms with Crippen LogP contribution >= 0.6 is 0 Å². The maximum Gasteiger partial charge on any atom is 0.254 e. The second-order valence-electron chi connectivity index (χ2n) is 9.48. The summed E-state index contributed by atoms with van der Waals surface area (Å²) >= 11 is 0. The van der Waals surface area contributed by atoms with E-state index in [0.717, 1.165) is 30.5 Å². The Labute approximate surface area is 194 Å². The van der Waals surface area contributed by atoms with Crippen molar-refractivity contribution in [3.8, 4) is 11.8 Å². The minimum absolute atomic E-state index is 0.00697. The number of benzene rings is 2. The maximum atomic E-state index is 13.7. The molecule has 0 radical (unpaired) electrons. The zero-order chi connectivity index (χ0) is 23.6. The summed E-state index contributed by atoms with van der Waals surface area (Å²) in [5.74, 6) is 5.33. The Bertz CT molecular complexity index is 1050. The van der Waals surface area contributed by atoms with Crippen molar-refractivity contribution in [1.82, 2.24) is 9.80 Å². The van der Waals surface area contributed by atoms with Crippen molar-refractivity contribution in [1.29, 1.82) is 0 Å². The number of carbonyl (C=O) groups excluding carboxylic acids is 1. The van der Waals surface area contributed by atoms with Crippen LogP contribution in [-0.2, 0) is 0 Å². The quantitative estimate of drug-likeness (QED) is 0.706. The highest BCUT2D eigenvalue weighted by molar-refractivity contribution is 5.94. The molecular weight excluding hydrogens is 419 g/mol. The van der Waals surface area contributed by atoms with E-state index < -0.39 is 11.4 Å². The molecule has 0 aromatic heterocycles. The van der Waals surface area contributed by atoms with E-state index in [4.69, 9.17) is 0 Å². The Morgan fingerprint density at radius 1 is 1.15 bits per heavy atom. The van der Waals surface area contributed by atoms with Crippen molar-refractivity contribution >= 4 is 5.91 Å². The van der Waals surface area contributed by atoms with Crippen LogP contribution in [0.3, 0.4) is 0 Å². The third-order valence-electron chi connectivity index (χ3n) is 6.54. The summed E-state index contributed by atoms with van der Waals surface area (Å²) in [7, 11) is 0. The molecule has 2 heterocycles. The number of amides is 1. The van der Waals surface area contributed by atoms with Crippen LogP contribution in [0.1, 0.15) is 54.1 Å². The molecule has 2 aromatic rings. The van der Waals surface area contributed by atoms with Gasteiger partial charge in [-0.1, -0.05) is 30.0 Å². The van der Waals surface area contributed by atoms with Crippen molar-refractivity contribution in [2.24, 2.45) is 0 Å². The van der Waals surface area contributed by atoms with Gasteiger partial charge in [0.2, 0.25) is 0 Å². The molecule has 4 rings (SSSR count). The first-order valence-corrected chi connectivity index (χ1v) is 11.5. The predicted octanol–water partition coefficient (Wildman–Crippen LogP) is 3.01. The first-order chi connectivity index (χ1) is 15.8. The predicted molar refractivity (Wildman–Crippen MR) is 125 cm³/mol. The van der Waals surface area contributed by atoms with Gasteiger partial charge in [-0.25, -0.2) is 4.39 Å². The lowest BCUT2D eigenvalue weighted by Gasteiger charge is -2.57. The number of halogens is 1. The molecule has 2 saturated heterocycles. The second-order valence-corrected chi connectivity index (χ2v) is 9.48. The number of carbonyl (C=O) groups is 1. The average molecular weight is 451 g/mol. The van der Waals surface area contributed by atoms with Gasteiger partial charge in [0.1, 0.15) is 11.4 Å². The Kier molecular flexibility index (Phi) is 6.85. The van der Waals surface area contributed by atoms with Crippen molar-refractivity contribution in [2.75, 3.05) is 26.2 Å². The average Bonchev–Trinajstić information content (AvgIpc) is 2.76. The summed E-state index contributed by atoms with van der Waals surface area (Å²) < 4.78 is 13.7. The molecule has 2 fully saturated rings. The summed E-state index contributed by atoms with van der Waals surface area (Å²) in [6, 6.07) is 13.9. The van der Waals surface area contributed by atoms with Crippen LogP contribution in [0.2, 0.25) is 0 Å². The molecule has 0 bridgehead atoms. The van der Waals surface area contributed by atoms with Crippen molar-refractivity contribution in [3.63, 3.8) is 0 Å². The fourth-order valence-electron chi connectivity index (χ4n) is 4.94. The van der Waals surface area contributed by atoms with Gasteiger partial charge in [-0.15, -0.1) is 0 Å². The van der Waals surface area contributed by atoms with Crippen LogP contribution in [0, 0.1) is 17.7 Å². The minimum atomic E-state index is -1.05. The Hall–Kier alpha value is -2.72. The van der Waals surface area contributed by atoms with Gasteiger partial charge in [-0.3, -0.25) is 9.69 Å². The van der Waals surface area contributed by atoms with E-state index in [-0.39, 0.29) is 30.5 Å². The molecule has 174 valence electrons. The molecule has 5 nitrogen and oxygen atoms in total. The highest BCUT2D eigenvalue weighted by Gasteiger charge is 2.49. The molecule has 2 aliphatic heterocycles. The van der Waals surface area contributed by atoms with E-state index in [9.17, 15) is 19.4 Å². The van der Waals surface area contributed by atoms with Gasteiger partial charge in [-0.05, 0) is 69.1 Å². The Balaban J connectivity index is 1.56. The highest BCUT2D eigenvalue weighted by atomic mass is 19.1. The largest absolute Gasteiger partial charge is 0.395 e. The SMILES string of the molecule is CC(C)(O)C#Cc1ccc([C@@H]2[C@H]3CN(C(=O)c4cccc(F)c4)CCCCN3[C@H]2CO)cc1. The minimum Gasteiger partial charge on any atom is -0.395 e. The molecule has 0 saturated carbocycles. The van der Waals surface area contributed by atoms with Crippen LogP contribution in [-0.4, -0.2) is 69.8 Å². The van der Waals surface area contributed by atoms with Crippen LogP contribution in [0.25, 0.3) is 0 Å². The summed E-state index contributed by atoms with van der Waals surface area (Å²) in [5.41, 5.74) is 1.23. The standard InChI is InChI=1S/C27H31FN2O3/c1-27(2,33)13-12-19-8-10-20(11-9-19)25-23-17-29(14-3-4-15-30(23)24(25)18-31)26(32)21-6-5-7-22(28)16-21/h5-11,16,23-25,31,33H,3-4,14-15,17-18H2,1-2H3/t23-,24+,25-/m1/s1. The fourth-order valence-corrected chi connectivity index (χ4v) is 4.94. The summed E-state index contributed by atoms with van der Waals surface area (Å²) in [6.07, 6.45) is 1.82. The van der Waals surface area contributed by atoms with Crippen LogP contribution in [0.5, 0.6) is 0 Å². The zero-order valence-electron chi connectivity index (χ0n) is 19.2. The van der Waals surface area contributed by atoms with E-state index in [1.54, 1.807) is 26.0 Å². The Morgan fingerprint density at radius 3 is 2.55 bits per heavy atom. The maximum absolute atomic E-state index is 13.7. The molecule has 0 aliphatic carbocycles. The lowest BCUT2D eigenvalue weighted by molar-refractivity contribution is -0.0606. The van der Waals surface area contributed by atoms with Crippen LogP contribution in [0.4, 0.5) is 4.39 Å². The van der Waals surface area contributed by atoms with Gasteiger partial charge < -0.3 is 15.1 Å². The molecule has 0 unspecified atom stereocenters. The second kappa shape index (κ2) is 9.64. The molecule has 2 aliphatic rings. The van der Waals surface area contributed by atoms with Gasteiger partial charge in [0.25, 0.3) is 5.91 Å². The third-order valence-corrected chi connectivity index (χ3v) is 6.54. The summed E-state index contributed by atoms with van der Waals surface area (Å²) in [6.45, 7) is 5.42. The van der Waals surface area contributed by atoms with Gasteiger partial charge >= 0.3 is 0 Å². The van der Waals surface area contributed by atoms with Crippen LogP contribution in [0.15, 0.2) is 48.5 Å². The molecule has 2 N–H and O–H groups in total. The molecule has 33 heavy (non-hydrogen) atoms. The van der Waals surface area contributed by atoms with Crippen molar-refractivity contribution < 1.29 is 19.4 Å². The lowest BCUT2D eigenvalue weighted by Crippen LogP contribution is -2.67. The first kappa shape index (κ1) is 23.4. The van der Waals surface area contributed by atoms with Gasteiger partial charge in [-0.2, -0.15) is 0 Å². The molecule has 6 heteroatoms. The van der Waals surface area contributed by atoms with E-state index >= 15 is 0 Å². The van der Waals surface area contributed by atoms with E-state index in [1.165, 1.54) is 12.1 Å². The number of nitrogens with zero attached hydrogens (tertiary/aromatic N) is 2. The smallest absolute Gasteiger partial charge is 0.254 e. The number of aliphatic hydroxyl groups is 2. The molecular formula is C27H31FN2O3. The van der Waals surface area contributed by atoms with Gasteiger partial charge in [0, 0.05) is 42.2 Å². The van der Waals surface area contributed by atoms with E-state index in [0.29, 0.717) is 18.7 Å². The topological polar surface area (TPSA) is 64.0 Å². The van der Waals surface area contributed by atoms with Gasteiger partial charge in [0.05, 0.1) is 6.61 Å². The molecule has 1 amide bonds. The normalized spacial score (nSPS) is 23.4. The number of aliphatic hydroxyl groups excluding tert-OH is 1. The third kappa shape index (κ3) is 5.27. The van der Waals surface area contributed by atoms with Gasteiger partial charge in [0.15, 0.2) is 0 Å². The highest BCUT2D eigenvalue weighted by Crippen LogP contribution is 2.42. The molecule has 0 spiro atoms. The van der Waals surface area contributed by atoms with E-state index in [2.05, 4.69) is 16.7 Å². The van der Waals surface area contributed by atoms with E-state index in [1.807, 2.05) is 29.2 Å². The first-order valence-electron chi connectivity index (χ1n) is 11.5. The number of rotatable bonds is 3. The van der Waals surface area contributed by atoms with Crippen molar-refractivity contribution in [3.05, 3.63) is 71.0 Å². The Morgan fingerprint density at radius 2 is 1.88 bits per heavy atom. The number of hydrogen-bond donors (Lipinski definition) is 2. The fraction of sp³-hybridized carbons (Fsp3) is 0.444. The number of hydrogen-bond acceptors (Lipinski definition) is 4. The monoisotopic (exact) mass is 450 g/mol. The van der Waals surface area contributed by atoms with Crippen LogP contribution < -0.4 is 0 Å². The van der Waals surface area contributed by atoms with Crippen molar-refractivity contribution in [2.45, 2.75) is 50.3 Å².